The van der Waals surface area contributed by atoms with E-state index in [2.05, 4.69) is 19.1 Å². The molecule has 0 bridgehead atoms. The SMILES string of the molecule is C[C@@H]1[C@@H](c2ccccc2)C[C@H](C(=O)[O-])C1(C)C. The maximum Gasteiger partial charge on any atom is 0.0450 e. The van der Waals surface area contributed by atoms with E-state index in [0.717, 1.165) is 0 Å². The van der Waals surface area contributed by atoms with Crippen LogP contribution in [0.15, 0.2) is 30.3 Å². The van der Waals surface area contributed by atoms with E-state index >= 15 is 0 Å². The molecule has 92 valence electrons. The quantitative estimate of drug-likeness (QED) is 0.783. The van der Waals surface area contributed by atoms with Crippen molar-refractivity contribution in [1.29, 1.82) is 0 Å². The molecule has 1 aliphatic carbocycles. The standard InChI is InChI=1S/C15H20O2/c1-10-12(11-7-5-4-6-8-11)9-13(14(16)17)15(10,2)3/h4-8,10,12-13H,9H2,1-3H3,(H,16,17)/p-1/t10-,12+,13-/m1/s1. The van der Waals surface area contributed by atoms with Gasteiger partial charge in [0.15, 0.2) is 0 Å². The number of carbonyl (C=O) groups excluding carboxylic acids is 1. The summed E-state index contributed by atoms with van der Waals surface area (Å²) in [6, 6.07) is 10.2. The molecule has 0 aliphatic heterocycles. The van der Waals surface area contributed by atoms with Crippen LogP contribution in [0.1, 0.15) is 38.7 Å². The van der Waals surface area contributed by atoms with Gasteiger partial charge in [-0.3, -0.25) is 0 Å². The summed E-state index contributed by atoms with van der Waals surface area (Å²) in [5, 5.41) is 11.2. The highest BCUT2D eigenvalue weighted by molar-refractivity contribution is 5.69. The van der Waals surface area contributed by atoms with Crippen molar-refractivity contribution in [3.05, 3.63) is 35.9 Å². The van der Waals surface area contributed by atoms with Gasteiger partial charge in [-0.25, -0.2) is 0 Å². The fourth-order valence-electron chi connectivity index (χ4n) is 3.12. The number of rotatable bonds is 2. The minimum atomic E-state index is -0.903. The zero-order chi connectivity index (χ0) is 12.6. The van der Waals surface area contributed by atoms with Crippen molar-refractivity contribution >= 4 is 5.97 Å². The van der Waals surface area contributed by atoms with E-state index in [-0.39, 0.29) is 11.3 Å². The molecule has 2 heteroatoms. The van der Waals surface area contributed by atoms with Crippen LogP contribution in [0.3, 0.4) is 0 Å². The lowest BCUT2D eigenvalue weighted by Crippen LogP contribution is -2.38. The molecule has 0 amide bonds. The first kappa shape index (κ1) is 12.2. The minimum absolute atomic E-state index is 0.195. The minimum Gasteiger partial charge on any atom is -0.550 e. The van der Waals surface area contributed by atoms with Gasteiger partial charge in [-0.05, 0) is 29.2 Å². The van der Waals surface area contributed by atoms with Crippen molar-refractivity contribution in [2.24, 2.45) is 17.3 Å². The van der Waals surface area contributed by atoms with E-state index in [0.29, 0.717) is 18.3 Å². The first-order chi connectivity index (χ1) is 7.94. The maximum absolute atomic E-state index is 11.2. The molecule has 1 fully saturated rings. The largest absolute Gasteiger partial charge is 0.550 e. The first-order valence-electron chi connectivity index (χ1n) is 6.20. The van der Waals surface area contributed by atoms with E-state index in [1.165, 1.54) is 5.56 Å². The van der Waals surface area contributed by atoms with Gasteiger partial charge in [-0.1, -0.05) is 51.1 Å². The zero-order valence-electron chi connectivity index (χ0n) is 10.6. The predicted octanol–water partition coefficient (Wildman–Crippen LogP) is 2.20. The second-order valence-electron chi connectivity index (χ2n) is 5.73. The number of carbonyl (C=O) groups is 1. The molecule has 1 aliphatic rings. The van der Waals surface area contributed by atoms with Crippen LogP contribution in [0, 0.1) is 17.3 Å². The Kier molecular flexibility index (Phi) is 2.98. The molecule has 17 heavy (non-hydrogen) atoms. The molecule has 3 atom stereocenters. The third-order valence-corrected chi connectivity index (χ3v) is 4.68. The Hall–Kier alpha value is -1.31. The molecule has 0 radical (unpaired) electrons. The van der Waals surface area contributed by atoms with Crippen molar-refractivity contribution < 1.29 is 9.90 Å². The fraction of sp³-hybridized carbons (Fsp3) is 0.533. The normalized spacial score (nSPS) is 31.4. The van der Waals surface area contributed by atoms with Crippen LogP contribution in [-0.4, -0.2) is 5.97 Å². The van der Waals surface area contributed by atoms with Crippen LogP contribution < -0.4 is 5.11 Å². The third kappa shape index (κ3) is 1.97. The molecule has 0 saturated heterocycles. The summed E-state index contributed by atoms with van der Waals surface area (Å²) < 4.78 is 0. The van der Waals surface area contributed by atoms with Crippen molar-refractivity contribution in [3.63, 3.8) is 0 Å². The number of hydrogen-bond donors (Lipinski definition) is 0. The summed E-state index contributed by atoms with van der Waals surface area (Å²) in [6.45, 7) is 6.24. The van der Waals surface area contributed by atoms with Gasteiger partial charge in [0.25, 0.3) is 0 Å². The Morgan fingerprint density at radius 2 is 1.88 bits per heavy atom. The lowest BCUT2D eigenvalue weighted by atomic mass is 9.74. The van der Waals surface area contributed by atoms with Gasteiger partial charge in [0.1, 0.15) is 0 Å². The third-order valence-electron chi connectivity index (χ3n) is 4.68. The van der Waals surface area contributed by atoms with Crippen molar-refractivity contribution in [1.82, 2.24) is 0 Å². The van der Waals surface area contributed by atoms with Gasteiger partial charge in [0, 0.05) is 11.9 Å². The Morgan fingerprint density at radius 1 is 1.29 bits per heavy atom. The monoisotopic (exact) mass is 231 g/mol. The highest BCUT2D eigenvalue weighted by atomic mass is 16.4. The Bertz CT molecular complexity index is 408. The topological polar surface area (TPSA) is 40.1 Å². The Labute approximate surface area is 103 Å². The molecule has 1 aromatic carbocycles. The Balaban J connectivity index is 2.32. The van der Waals surface area contributed by atoms with E-state index in [1.807, 2.05) is 32.0 Å². The van der Waals surface area contributed by atoms with E-state index < -0.39 is 5.97 Å². The molecule has 0 N–H and O–H groups in total. The molecule has 0 heterocycles. The van der Waals surface area contributed by atoms with Crippen molar-refractivity contribution in [3.8, 4) is 0 Å². The predicted molar refractivity (Wildman–Crippen MR) is 65.2 cm³/mol. The van der Waals surface area contributed by atoms with Gasteiger partial charge >= 0.3 is 0 Å². The van der Waals surface area contributed by atoms with E-state index in [4.69, 9.17) is 0 Å². The van der Waals surface area contributed by atoms with E-state index in [1.54, 1.807) is 0 Å². The van der Waals surface area contributed by atoms with Crippen molar-refractivity contribution in [2.45, 2.75) is 33.1 Å². The molecule has 1 saturated carbocycles. The number of carboxylic acids is 1. The van der Waals surface area contributed by atoms with Gasteiger partial charge < -0.3 is 9.90 Å². The second kappa shape index (κ2) is 4.17. The summed E-state index contributed by atoms with van der Waals surface area (Å²) in [5.41, 5.74) is 1.05. The molecule has 2 rings (SSSR count). The van der Waals surface area contributed by atoms with Crippen LogP contribution in [0.5, 0.6) is 0 Å². The summed E-state index contributed by atoms with van der Waals surface area (Å²) in [5.74, 6) is -0.565. The summed E-state index contributed by atoms with van der Waals surface area (Å²) in [6.07, 6.45) is 0.695. The highest BCUT2D eigenvalue weighted by Crippen LogP contribution is 2.54. The van der Waals surface area contributed by atoms with Gasteiger partial charge in [0.05, 0.1) is 0 Å². The molecular formula is C15H19O2-. The van der Waals surface area contributed by atoms with Crippen LogP contribution in [-0.2, 0) is 4.79 Å². The Morgan fingerprint density at radius 3 is 2.35 bits per heavy atom. The number of carboxylic acid groups (broad SMARTS) is 1. The van der Waals surface area contributed by atoms with Gasteiger partial charge in [-0.15, -0.1) is 0 Å². The van der Waals surface area contributed by atoms with Crippen LogP contribution in [0.4, 0.5) is 0 Å². The number of aliphatic carboxylic acids is 1. The van der Waals surface area contributed by atoms with Crippen molar-refractivity contribution in [2.75, 3.05) is 0 Å². The fourth-order valence-corrected chi connectivity index (χ4v) is 3.12. The average molecular weight is 231 g/mol. The molecule has 1 aromatic rings. The van der Waals surface area contributed by atoms with Crippen LogP contribution >= 0.6 is 0 Å². The average Bonchev–Trinajstić information content (AvgIpc) is 2.52. The van der Waals surface area contributed by atoms with Gasteiger partial charge in [-0.2, -0.15) is 0 Å². The van der Waals surface area contributed by atoms with Crippen LogP contribution in [0.25, 0.3) is 0 Å². The van der Waals surface area contributed by atoms with Crippen LogP contribution in [0.2, 0.25) is 0 Å². The lowest BCUT2D eigenvalue weighted by molar-refractivity contribution is -0.314. The summed E-state index contributed by atoms with van der Waals surface area (Å²) >= 11 is 0. The molecule has 0 spiro atoms. The maximum atomic E-state index is 11.2. The smallest absolute Gasteiger partial charge is 0.0450 e. The molecule has 0 aromatic heterocycles. The molecule has 2 nitrogen and oxygen atoms in total. The zero-order valence-corrected chi connectivity index (χ0v) is 10.6. The van der Waals surface area contributed by atoms with E-state index in [9.17, 15) is 9.90 Å². The first-order valence-corrected chi connectivity index (χ1v) is 6.20. The lowest BCUT2D eigenvalue weighted by Gasteiger charge is -2.32. The summed E-state index contributed by atoms with van der Waals surface area (Å²) in [4.78, 5) is 11.2. The summed E-state index contributed by atoms with van der Waals surface area (Å²) in [7, 11) is 0. The second-order valence-corrected chi connectivity index (χ2v) is 5.73. The number of benzene rings is 1. The molecular weight excluding hydrogens is 212 g/mol. The highest BCUT2D eigenvalue weighted by Gasteiger charge is 2.47. The molecule has 0 unspecified atom stereocenters. The number of hydrogen-bond acceptors (Lipinski definition) is 2. The van der Waals surface area contributed by atoms with Gasteiger partial charge in [0.2, 0.25) is 0 Å².